The van der Waals surface area contributed by atoms with Crippen molar-refractivity contribution < 1.29 is 17.5 Å². The van der Waals surface area contributed by atoms with E-state index >= 15 is 0 Å². The second-order valence-electron chi connectivity index (χ2n) is 4.05. The average molecular weight is 311 g/mol. The third-order valence-electron chi connectivity index (χ3n) is 2.70. The molecule has 0 aliphatic rings. The standard InChI is InChI=1S/C13H14FN3O3S/c1-15-13-12(4-3-7-16-13)21(18,19)17-10-6-5-9(14)8-11(10)20-2/h3-8,17H,1-2H3,(H,15,16). The van der Waals surface area contributed by atoms with Gasteiger partial charge < -0.3 is 10.1 Å². The van der Waals surface area contributed by atoms with Crippen molar-refractivity contribution in [3.05, 3.63) is 42.3 Å². The van der Waals surface area contributed by atoms with Gasteiger partial charge in [-0.3, -0.25) is 4.72 Å². The van der Waals surface area contributed by atoms with Crippen LogP contribution in [0.1, 0.15) is 0 Å². The molecule has 112 valence electrons. The summed E-state index contributed by atoms with van der Waals surface area (Å²) < 4.78 is 45.2. The fourth-order valence-corrected chi connectivity index (χ4v) is 2.98. The zero-order valence-electron chi connectivity index (χ0n) is 11.4. The highest BCUT2D eigenvalue weighted by atomic mass is 32.2. The molecule has 21 heavy (non-hydrogen) atoms. The van der Waals surface area contributed by atoms with Crippen LogP contribution in [0, 0.1) is 5.82 Å². The van der Waals surface area contributed by atoms with Crippen molar-refractivity contribution in [2.75, 3.05) is 24.2 Å². The van der Waals surface area contributed by atoms with Gasteiger partial charge in [-0.1, -0.05) is 0 Å². The molecule has 8 heteroatoms. The maximum atomic E-state index is 13.1. The number of ether oxygens (including phenoxy) is 1. The fourth-order valence-electron chi connectivity index (χ4n) is 1.74. The largest absolute Gasteiger partial charge is 0.494 e. The molecule has 0 radical (unpaired) electrons. The molecule has 0 atom stereocenters. The fraction of sp³-hybridized carbons (Fsp3) is 0.154. The van der Waals surface area contributed by atoms with Crippen molar-refractivity contribution in [2.45, 2.75) is 4.90 Å². The maximum absolute atomic E-state index is 13.1. The Kier molecular flexibility index (Phi) is 4.27. The van der Waals surface area contributed by atoms with E-state index in [4.69, 9.17) is 4.74 Å². The van der Waals surface area contributed by atoms with E-state index < -0.39 is 15.8 Å². The number of sulfonamides is 1. The van der Waals surface area contributed by atoms with Gasteiger partial charge >= 0.3 is 0 Å². The molecule has 0 amide bonds. The van der Waals surface area contributed by atoms with Crippen molar-refractivity contribution in [3.8, 4) is 5.75 Å². The summed E-state index contributed by atoms with van der Waals surface area (Å²) in [7, 11) is -0.981. The van der Waals surface area contributed by atoms with Gasteiger partial charge in [0.2, 0.25) is 0 Å². The molecule has 0 unspecified atom stereocenters. The molecule has 2 N–H and O–H groups in total. The van der Waals surface area contributed by atoms with Crippen LogP contribution in [0.3, 0.4) is 0 Å². The zero-order chi connectivity index (χ0) is 15.5. The molecule has 2 aromatic rings. The molecular formula is C13H14FN3O3S. The number of hydrogen-bond donors (Lipinski definition) is 2. The number of anilines is 2. The van der Waals surface area contributed by atoms with Crippen LogP contribution in [0.5, 0.6) is 5.75 Å². The van der Waals surface area contributed by atoms with Crippen molar-refractivity contribution >= 4 is 21.5 Å². The highest BCUT2D eigenvalue weighted by molar-refractivity contribution is 7.92. The van der Waals surface area contributed by atoms with E-state index in [0.717, 1.165) is 12.1 Å². The van der Waals surface area contributed by atoms with Crippen molar-refractivity contribution in [2.24, 2.45) is 0 Å². The Morgan fingerprint density at radius 3 is 2.71 bits per heavy atom. The van der Waals surface area contributed by atoms with Crippen molar-refractivity contribution in [1.82, 2.24) is 4.98 Å². The Morgan fingerprint density at radius 1 is 1.29 bits per heavy atom. The third kappa shape index (κ3) is 3.22. The second kappa shape index (κ2) is 5.96. The molecule has 1 aromatic carbocycles. The summed E-state index contributed by atoms with van der Waals surface area (Å²) in [6, 6.07) is 6.46. The first-order valence-corrected chi connectivity index (χ1v) is 7.45. The molecule has 1 aromatic heterocycles. The first-order chi connectivity index (χ1) is 9.97. The predicted octanol–water partition coefficient (Wildman–Crippen LogP) is 2.07. The lowest BCUT2D eigenvalue weighted by Crippen LogP contribution is -2.16. The molecule has 6 nitrogen and oxygen atoms in total. The first-order valence-electron chi connectivity index (χ1n) is 5.97. The van der Waals surface area contributed by atoms with Gasteiger partial charge in [-0.25, -0.2) is 17.8 Å². The van der Waals surface area contributed by atoms with Gasteiger partial charge in [0.25, 0.3) is 10.0 Å². The number of aromatic nitrogens is 1. The van der Waals surface area contributed by atoms with Gasteiger partial charge in [0, 0.05) is 19.3 Å². The van der Waals surface area contributed by atoms with Crippen LogP contribution < -0.4 is 14.8 Å². The highest BCUT2D eigenvalue weighted by Crippen LogP contribution is 2.28. The molecule has 0 bridgehead atoms. The topological polar surface area (TPSA) is 80.3 Å². The number of methoxy groups -OCH3 is 1. The Bertz CT molecular complexity index is 750. The normalized spacial score (nSPS) is 11.0. The lowest BCUT2D eigenvalue weighted by Gasteiger charge is -2.13. The van der Waals surface area contributed by atoms with Gasteiger partial charge in [-0.05, 0) is 24.3 Å². The van der Waals surface area contributed by atoms with E-state index in [1.807, 2.05) is 0 Å². The minimum Gasteiger partial charge on any atom is -0.494 e. The van der Waals surface area contributed by atoms with Crippen LogP contribution in [-0.2, 0) is 10.0 Å². The summed E-state index contributed by atoms with van der Waals surface area (Å²) >= 11 is 0. The highest BCUT2D eigenvalue weighted by Gasteiger charge is 2.20. The van der Waals surface area contributed by atoms with E-state index in [1.54, 1.807) is 7.05 Å². The van der Waals surface area contributed by atoms with Gasteiger partial charge in [0.05, 0.1) is 12.8 Å². The molecule has 0 fully saturated rings. The second-order valence-corrected chi connectivity index (χ2v) is 5.70. The Hall–Kier alpha value is -2.35. The first kappa shape index (κ1) is 15.0. The molecule has 0 aliphatic heterocycles. The molecule has 0 saturated heterocycles. The maximum Gasteiger partial charge on any atom is 0.265 e. The smallest absolute Gasteiger partial charge is 0.265 e. The Morgan fingerprint density at radius 2 is 2.05 bits per heavy atom. The molecular weight excluding hydrogens is 297 g/mol. The van der Waals surface area contributed by atoms with Crippen molar-refractivity contribution in [1.29, 1.82) is 0 Å². The minimum absolute atomic E-state index is 0.0149. The summed E-state index contributed by atoms with van der Waals surface area (Å²) in [6.45, 7) is 0. The summed E-state index contributed by atoms with van der Waals surface area (Å²) in [6.07, 6.45) is 1.48. The van der Waals surface area contributed by atoms with Crippen LogP contribution in [0.15, 0.2) is 41.4 Å². The van der Waals surface area contributed by atoms with E-state index in [-0.39, 0.29) is 22.2 Å². The quantitative estimate of drug-likeness (QED) is 0.883. The van der Waals surface area contributed by atoms with Gasteiger partial charge in [-0.2, -0.15) is 0 Å². The van der Waals surface area contributed by atoms with E-state index in [1.165, 1.54) is 31.5 Å². The summed E-state index contributed by atoms with van der Waals surface area (Å²) in [4.78, 5) is 3.93. The molecule has 1 heterocycles. The van der Waals surface area contributed by atoms with E-state index in [0.29, 0.717) is 0 Å². The summed E-state index contributed by atoms with van der Waals surface area (Å²) in [5.74, 6) is -0.216. The Balaban J connectivity index is 2.42. The molecule has 0 spiro atoms. The SMILES string of the molecule is CNc1ncccc1S(=O)(=O)Nc1ccc(F)cc1OC. The van der Waals surface area contributed by atoms with Crippen LogP contribution in [0.4, 0.5) is 15.9 Å². The number of nitrogens with zero attached hydrogens (tertiary/aromatic N) is 1. The predicted molar refractivity (Wildman–Crippen MR) is 77.5 cm³/mol. The van der Waals surface area contributed by atoms with Gasteiger partial charge in [0.1, 0.15) is 22.3 Å². The number of rotatable bonds is 5. The third-order valence-corrected chi connectivity index (χ3v) is 4.10. The number of halogens is 1. The van der Waals surface area contributed by atoms with Gasteiger partial charge in [-0.15, -0.1) is 0 Å². The summed E-state index contributed by atoms with van der Waals surface area (Å²) in [5, 5.41) is 2.70. The number of pyridine rings is 1. The average Bonchev–Trinajstić information content (AvgIpc) is 2.48. The van der Waals surface area contributed by atoms with Crippen LogP contribution in [-0.4, -0.2) is 27.6 Å². The van der Waals surface area contributed by atoms with Crippen molar-refractivity contribution in [3.63, 3.8) is 0 Å². The molecule has 2 rings (SSSR count). The van der Waals surface area contributed by atoms with Crippen LogP contribution >= 0.6 is 0 Å². The van der Waals surface area contributed by atoms with Gasteiger partial charge in [0.15, 0.2) is 0 Å². The molecule has 0 saturated carbocycles. The summed E-state index contributed by atoms with van der Waals surface area (Å²) in [5.41, 5.74) is 0.143. The Labute approximate surface area is 122 Å². The number of hydrogen-bond acceptors (Lipinski definition) is 5. The minimum atomic E-state index is -3.88. The number of benzene rings is 1. The number of nitrogens with one attached hydrogen (secondary N) is 2. The van der Waals surface area contributed by atoms with Crippen LogP contribution in [0.2, 0.25) is 0 Å². The van der Waals surface area contributed by atoms with E-state index in [2.05, 4.69) is 15.0 Å². The zero-order valence-corrected chi connectivity index (χ0v) is 12.2. The van der Waals surface area contributed by atoms with E-state index in [9.17, 15) is 12.8 Å². The molecule has 0 aliphatic carbocycles. The lowest BCUT2D eigenvalue weighted by atomic mass is 10.3. The lowest BCUT2D eigenvalue weighted by molar-refractivity contribution is 0.413. The van der Waals surface area contributed by atoms with Crippen LogP contribution in [0.25, 0.3) is 0 Å². The monoisotopic (exact) mass is 311 g/mol.